The highest BCUT2D eigenvalue weighted by Gasteiger charge is 2.27. The molecule has 88 valence electrons. The van der Waals surface area contributed by atoms with Crippen molar-refractivity contribution in [2.24, 2.45) is 11.8 Å². The number of hydrogen-bond acceptors (Lipinski definition) is 2. The van der Waals surface area contributed by atoms with Crippen molar-refractivity contribution in [1.29, 1.82) is 0 Å². The molecule has 0 aliphatic carbocycles. The third-order valence-electron chi connectivity index (χ3n) is 3.40. The van der Waals surface area contributed by atoms with Crippen molar-refractivity contribution in [3.63, 3.8) is 0 Å². The number of halogens is 2. The van der Waals surface area contributed by atoms with Crippen LogP contribution in [0.5, 0.6) is 0 Å². The van der Waals surface area contributed by atoms with Crippen molar-refractivity contribution in [1.82, 2.24) is 0 Å². The van der Waals surface area contributed by atoms with Crippen LogP contribution in [0.2, 0.25) is 5.02 Å². The molecule has 1 saturated heterocycles. The third kappa shape index (κ3) is 1.96. The summed E-state index contributed by atoms with van der Waals surface area (Å²) in [6.07, 6.45) is 0. The maximum Gasteiger partial charge on any atom is 0.143 e. The van der Waals surface area contributed by atoms with Gasteiger partial charge in [-0.1, -0.05) is 25.4 Å². The van der Waals surface area contributed by atoms with Crippen LogP contribution in [0.3, 0.4) is 0 Å². The van der Waals surface area contributed by atoms with Crippen LogP contribution in [-0.4, -0.2) is 13.1 Å². The Labute approximate surface area is 100 Å². The summed E-state index contributed by atoms with van der Waals surface area (Å²) in [6.45, 7) is 6.33. The zero-order valence-corrected chi connectivity index (χ0v) is 10.3. The Morgan fingerprint density at radius 2 is 1.88 bits per heavy atom. The van der Waals surface area contributed by atoms with E-state index < -0.39 is 5.82 Å². The first-order chi connectivity index (χ1) is 7.49. The van der Waals surface area contributed by atoms with Crippen LogP contribution in [0.15, 0.2) is 12.1 Å². The minimum Gasteiger partial charge on any atom is -0.397 e. The van der Waals surface area contributed by atoms with Gasteiger partial charge in [-0.2, -0.15) is 0 Å². The van der Waals surface area contributed by atoms with Crippen molar-refractivity contribution in [3.8, 4) is 0 Å². The van der Waals surface area contributed by atoms with E-state index in [4.69, 9.17) is 17.3 Å². The molecule has 2 atom stereocenters. The van der Waals surface area contributed by atoms with Crippen LogP contribution in [0.4, 0.5) is 15.8 Å². The smallest absolute Gasteiger partial charge is 0.143 e. The number of rotatable bonds is 1. The summed E-state index contributed by atoms with van der Waals surface area (Å²) in [5.74, 6) is 0.801. The second kappa shape index (κ2) is 4.13. The van der Waals surface area contributed by atoms with Gasteiger partial charge in [0.25, 0.3) is 0 Å². The van der Waals surface area contributed by atoms with Gasteiger partial charge >= 0.3 is 0 Å². The number of nitrogen functional groups attached to an aromatic ring is 1. The number of benzene rings is 1. The molecule has 2 unspecified atom stereocenters. The van der Waals surface area contributed by atoms with Crippen LogP contribution in [0.25, 0.3) is 0 Å². The molecular weight excluding hydrogens is 227 g/mol. The summed E-state index contributed by atoms with van der Waals surface area (Å²) in [4.78, 5) is 2.18. The van der Waals surface area contributed by atoms with E-state index in [1.165, 1.54) is 6.07 Å². The Balaban J connectivity index is 2.31. The van der Waals surface area contributed by atoms with E-state index in [9.17, 15) is 4.39 Å². The van der Waals surface area contributed by atoms with Gasteiger partial charge in [-0.3, -0.25) is 0 Å². The quantitative estimate of drug-likeness (QED) is 0.767. The molecule has 1 aliphatic rings. The monoisotopic (exact) mass is 242 g/mol. The number of nitrogens with two attached hydrogens (primary N) is 1. The summed E-state index contributed by atoms with van der Waals surface area (Å²) in [7, 11) is 0. The SMILES string of the molecule is CC1CN(c2cc(Cl)c(F)cc2N)CC1C. The summed E-state index contributed by atoms with van der Waals surface area (Å²) in [5, 5.41) is 0.136. The highest BCUT2D eigenvalue weighted by molar-refractivity contribution is 6.31. The summed E-state index contributed by atoms with van der Waals surface area (Å²) >= 11 is 5.78. The highest BCUT2D eigenvalue weighted by Crippen LogP contribution is 2.34. The van der Waals surface area contributed by atoms with E-state index in [-0.39, 0.29) is 5.02 Å². The third-order valence-corrected chi connectivity index (χ3v) is 3.69. The molecule has 1 fully saturated rings. The first-order valence-electron chi connectivity index (χ1n) is 5.48. The van der Waals surface area contributed by atoms with Crippen molar-refractivity contribution in [2.75, 3.05) is 23.7 Å². The van der Waals surface area contributed by atoms with Crippen molar-refractivity contribution >= 4 is 23.0 Å². The number of anilines is 2. The lowest BCUT2D eigenvalue weighted by Crippen LogP contribution is -2.21. The summed E-state index contributed by atoms with van der Waals surface area (Å²) in [5.41, 5.74) is 7.13. The molecule has 0 saturated carbocycles. The fourth-order valence-corrected chi connectivity index (χ4v) is 2.31. The van der Waals surface area contributed by atoms with Crippen LogP contribution in [0, 0.1) is 17.7 Å². The van der Waals surface area contributed by atoms with Crippen LogP contribution < -0.4 is 10.6 Å². The zero-order chi connectivity index (χ0) is 11.9. The molecule has 0 bridgehead atoms. The maximum atomic E-state index is 13.2. The molecule has 1 heterocycles. The second-order valence-electron chi connectivity index (χ2n) is 4.68. The van der Waals surface area contributed by atoms with E-state index in [1.807, 2.05) is 0 Å². The molecule has 0 amide bonds. The molecular formula is C12H16ClFN2. The minimum atomic E-state index is -0.455. The number of hydrogen-bond donors (Lipinski definition) is 1. The molecule has 2 rings (SSSR count). The standard InChI is InChI=1S/C12H16ClFN2/c1-7-5-16(6-8(7)2)12-3-9(13)10(14)4-11(12)15/h3-4,7-8H,5-6,15H2,1-2H3. The maximum absolute atomic E-state index is 13.2. The topological polar surface area (TPSA) is 29.3 Å². The highest BCUT2D eigenvalue weighted by atomic mass is 35.5. The molecule has 4 heteroatoms. The molecule has 1 aliphatic heterocycles. The minimum absolute atomic E-state index is 0.136. The van der Waals surface area contributed by atoms with Gasteiger partial charge in [0.05, 0.1) is 16.4 Å². The Kier molecular flexibility index (Phi) is 2.98. The average Bonchev–Trinajstić information content (AvgIpc) is 2.53. The van der Waals surface area contributed by atoms with E-state index in [1.54, 1.807) is 6.07 Å². The second-order valence-corrected chi connectivity index (χ2v) is 5.09. The van der Waals surface area contributed by atoms with Gasteiger partial charge in [0, 0.05) is 19.2 Å². The zero-order valence-electron chi connectivity index (χ0n) is 9.50. The van der Waals surface area contributed by atoms with Crippen molar-refractivity contribution in [2.45, 2.75) is 13.8 Å². The molecule has 0 aromatic heterocycles. The lowest BCUT2D eigenvalue weighted by atomic mass is 10.0. The van der Waals surface area contributed by atoms with Gasteiger partial charge in [0.15, 0.2) is 0 Å². The first kappa shape index (κ1) is 11.5. The van der Waals surface area contributed by atoms with E-state index in [0.29, 0.717) is 17.5 Å². The Hall–Kier alpha value is -0.960. The Bertz CT molecular complexity index is 398. The first-order valence-corrected chi connectivity index (χ1v) is 5.86. The molecule has 2 nitrogen and oxygen atoms in total. The Morgan fingerprint density at radius 1 is 1.31 bits per heavy atom. The molecule has 0 spiro atoms. The van der Waals surface area contributed by atoms with E-state index >= 15 is 0 Å². The number of nitrogens with zero attached hydrogens (tertiary/aromatic N) is 1. The predicted molar refractivity (Wildman–Crippen MR) is 66.4 cm³/mol. The van der Waals surface area contributed by atoms with Gasteiger partial charge in [-0.25, -0.2) is 4.39 Å². The average molecular weight is 243 g/mol. The van der Waals surface area contributed by atoms with E-state index in [0.717, 1.165) is 18.8 Å². The van der Waals surface area contributed by atoms with E-state index in [2.05, 4.69) is 18.7 Å². The lowest BCUT2D eigenvalue weighted by molar-refractivity contribution is 0.494. The van der Waals surface area contributed by atoms with Gasteiger partial charge in [-0.15, -0.1) is 0 Å². The fraction of sp³-hybridized carbons (Fsp3) is 0.500. The van der Waals surface area contributed by atoms with Crippen molar-refractivity contribution in [3.05, 3.63) is 23.0 Å². The predicted octanol–water partition coefficient (Wildman–Crippen LogP) is 3.15. The Morgan fingerprint density at radius 3 is 2.44 bits per heavy atom. The fourth-order valence-electron chi connectivity index (χ4n) is 2.15. The van der Waals surface area contributed by atoms with Crippen LogP contribution >= 0.6 is 11.6 Å². The summed E-state index contributed by atoms with van der Waals surface area (Å²) < 4.78 is 13.2. The molecule has 0 radical (unpaired) electrons. The van der Waals surface area contributed by atoms with Gasteiger partial charge in [0.2, 0.25) is 0 Å². The van der Waals surface area contributed by atoms with Gasteiger partial charge in [0.1, 0.15) is 5.82 Å². The molecule has 2 N–H and O–H groups in total. The largest absolute Gasteiger partial charge is 0.397 e. The van der Waals surface area contributed by atoms with Crippen LogP contribution in [0.1, 0.15) is 13.8 Å². The summed E-state index contributed by atoms with van der Waals surface area (Å²) in [6, 6.07) is 2.92. The molecule has 1 aromatic rings. The van der Waals surface area contributed by atoms with Crippen LogP contribution in [-0.2, 0) is 0 Å². The van der Waals surface area contributed by atoms with Gasteiger partial charge in [-0.05, 0) is 17.9 Å². The normalized spacial score (nSPS) is 25.1. The molecule has 1 aromatic carbocycles. The lowest BCUT2D eigenvalue weighted by Gasteiger charge is -2.20. The van der Waals surface area contributed by atoms with Gasteiger partial charge < -0.3 is 10.6 Å². The molecule has 16 heavy (non-hydrogen) atoms. The van der Waals surface area contributed by atoms with Crippen molar-refractivity contribution < 1.29 is 4.39 Å².